The van der Waals surface area contributed by atoms with E-state index in [4.69, 9.17) is 5.73 Å². The molecule has 23 heavy (non-hydrogen) atoms. The highest BCUT2D eigenvalue weighted by Gasteiger charge is 2.20. The van der Waals surface area contributed by atoms with Crippen LogP contribution in [0.1, 0.15) is 52.9 Å². The summed E-state index contributed by atoms with van der Waals surface area (Å²) in [5.74, 6) is 0.376. The molecule has 1 atom stereocenters. The third kappa shape index (κ3) is 4.88. The number of nitrogens with one attached hydrogen (secondary N) is 1. The maximum Gasteiger partial charge on any atom is 0.271 e. The van der Waals surface area contributed by atoms with Gasteiger partial charge in [-0.05, 0) is 36.9 Å². The molecule has 4 nitrogen and oxygen atoms in total. The molecular weight excluding hydrogens is 306 g/mol. The molecule has 0 aliphatic rings. The normalized spacial score (nSPS) is 12.4. The standard InChI is InChI=1S/C18H25N3OS/c1-12(2)10-15(14-7-5-4-6-13(14)3)21-18(22)16-11-23-17(20-16)8-9-19/h4-7,11-12,15H,8-10,19H2,1-3H3,(H,21,22). The summed E-state index contributed by atoms with van der Waals surface area (Å²) in [6, 6.07) is 8.21. The molecule has 1 unspecified atom stereocenters. The summed E-state index contributed by atoms with van der Waals surface area (Å²) in [7, 11) is 0. The Kier molecular flexibility index (Phi) is 6.30. The highest BCUT2D eigenvalue weighted by Crippen LogP contribution is 2.24. The Morgan fingerprint density at radius 1 is 1.35 bits per heavy atom. The zero-order valence-electron chi connectivity index (χ0n) is 14.0. The summed E-state index contributed by atoms with van der Waals surface area (Å²) in [5, 5.41) is 5.87. The van der Waals surface area contributed by atoms with Crippen LogP contribution in [0.4, 0.5) is 0 Å². The molecule has 1 amide bonds. The van der Waals surface area contributed by atoms with Crippen molar-refractivity contribution < 1.29 is 4.79 Å². The highest BCUT2D eigenvalue weighted by atomic mass is 32.1. The minimum absolute atomic E-state index is 0.00311. The van der Waals surface area contributed by atoms with Crippen molar-refractivity contribution in [2.75, 3.05) is 6.54 Å². The number of amides is 1. The van der Waals surface area contributed by atoms with Crippen LogP contribution in [0.2, 0.25) is 0 Å². The second kappa shape index (κ2) is 8.22. The Hall–Kier alpha value is -1.72. The van der Waals surface area contributed by atoms with Gasteiger partial charge in [-0.15, -0.1) is 11.3 Å². The first-order valence-electron chi connectivity index (χ1n) is 8.02. The summed E-state index contributed by atoms with van der Waals surface area (Å²) in [5.41, 5.74) is 8.40. The molecule has 1 heterocycles. The van der Waals surface area contributed by atoms with Crippen LogP contribution in [0, 0.1) is 12.8 Å². The predicted octanol–water partition coefficient (Wildman–Crippen LogP) is 3.47. The maximum absolute atomic E-state index is 12.5. The molecule has 0 aliphatic carbocycles. The average Bonchev–Trinajstić information content (AvgIpc) is 2.96. The summed E-state index contributed by atoms with van der Waals surface area (Å²) < 4.78 is 0. The van der Waals surface area contributed by atoms with Crippen LogP contribution in [-0.2, 0) is 6.42 Å². The van der Waals surface area contributed by atoms with Gasteiger partial charge in [-0.3, -0.25) is 4.79 Å². The summed E-state index contributed by atoms with van der Waals surface area (Å²) in [4.78, 5) is 16.9. The van der Waals surface area contributed by atoms with E-state index >= 15 is 0 Å². The van der Waals surface area contributed by atoms with Crippen LogP contribution in [0.5, 0.6) is 0 Å². The number of hydrogen-bond acceptors (Lipinski definition) is 4. The minimum atomic E-state index is -0.113. The van der Waals surface area contributed by atoms with Gasteiger partial charge in [-0.25, -0.2) is 4.98 Å². The third-order valence-electron chi connectivity index (χ3n) is 3.72. The van der Waals surface area contributed by atoms with Gasteiger partial charge in [0.2, 0.25) is 0 Å². The lowest BCUT2D eigenvalue weighted by molar-refractivity contribution is 0.0927. The number of carbonyl (C=O) groups excluding carboxylic acids is 1. The number of carbonyl (C=O) groups is 1. The zero-order valence-corrected chi connectivity index (χ0v) is 14.8. The number of benzene rings is 1. The smallest absolute Gasteiger partial charge is 0.271 e. The van der Waals surface area contributed by atoms with Crippen LogP contribution >= 0.6 is 11.3 Å². The highest BCUT2D eigenvalue weighted by molar-refractivity contribution is 7.09. The largest absolute Gasteiger partial charge is 0.344 e. The van der Waals surface area contributed by atoms with E-state index in [1.807, 2.05) is 17.5 Å². The van der Waals surface area contributed by atoms with Crippen molar-refractivity contribution in [2.24, 2.45) is 11.7 Å². The summed E-state index contributed by atoms with van der Waals surface area (Å²) >= 11 is 1.49. The molecule has 3 N–H and O–H groups in total. The Morgan fingerprint density at radius 2 is 2.09 bits per heavy atom. The van der Waals surface area contributed by atoms with Crippen molar-refractivity contribution in [3.63, 3.8) is 0 Å². The van der Waals surface area contributed by atoms with Crippen molar-refractivity contribution in [3.05, 3.63) is 51.5 Å². The van der Waals surface area contributed by atoms with Crippen LogP contribution < -0.4 is 11.1 Å². The zero-order chi connectivity index (χ0) is 16.8. The van der Waals surface area contributed by atoms with Crippen LogP contribution in [-0.4, -0.2) is 17.4 Å². The van der Waals surface area contributed by atoms with Gasteiger partial charge in [0.05, 0.1) is 11.0 Å². The molecule has 0 aliphatic heterocycles. The van der Waals surface area contributed by atoms with Crippen molar-refractivity contribution in [3.8, 4) is 0 Å². The number of aryl methyl sites for hydroxylation is 1. The summed E-state index contributed by atoms with van der Waals surface area (Å²) in [6.07, 6.45) is 1.61. The average molecular weight is 331 g/mol. The lowest BCUT2D eigenvalue weighted by Crippen LogP contribution is -2.30. The molecule has 5 heteroatoms. The molecule has 1 aromatic carbocycles. The molecule has 2 aromatic rings. The van der Waals surface area contributed by atoms with E-state index in [0.29, 0.717) is 24.6 Å². The van der Waals surface area contributed by atoms with Crippen LogP contribution in [0.3, 0.4) is 0 Å². The van der Waals surface area contributed by atoms with E-state index in [9.17, 15) is 4.79 Å². The molecule has 1 aromatic heterocycles. The van der Waals surface area contributed by atoms with Gasteiger partial charge in [0.1, 0.15) is 5.69 Å². The molecule has 0 bridgehead atoms. The van der Waals surface area contributed by atoms with Crippen molar-refractivity contribution in [1.29, 1.82) is 0 Å². The van der Waals surface area contributed by atoms with Crippen molar-refractivity contribution >= 4 is 17.2 Å². The fraction of sp³-hybridized carbons (Fsp3) is 0.444. The molecular formula is C18H25N3OS. The van der Waals surface area contributed by atoms with E-state index in [0.717, 1.165) is 11.4 Å². The molecule has 0 fully saturated rings. The predicted molar refractivity (Wildman–Crippen MR) is 95.7 cm³/mol. The number of nitrogens with zero attached hydrogens (tertiary/aromatic N) is 1. The van der Waals surface area contributed by atoms with E-state index in [1.54, 1.807) is 0 Å². The third-order valence-corrected chi connectivity index (χ3v) is 4.63. The van der Waals surface area contributed by atoms with E-state index < -0.39 is 0 Å². The van der Waals surface area contributed by atoms with Gasteiger partial charge in [0.15, 0.2) is 0 Å². The van der Waals surface area contributed by atoms with Crippen molar-refractivity contribution in [2.45, 2.75) is 39.7 Å². The second-order valence-electron chi connectivity index (χ2n) is 6.18. The summed E-state index contributed by atoms with van der Waals surface area (Å²) in [6.45, 7) is 6.96. The monoisotopic (exact) mass is 331 g/mol. The number of thiazole rings is 1. The van der Waals surface area contributed by atoms with Gasteiger partial charge in [-0.1, -0.05) is 38.1 Å². The van der Waals surface area contributed by atoms with Gasteiger partial charge in [0.25, 0.3) is 5.91 Å². The Morgan fingerprint density at radius 3 is 2.74 bits per heavy atom. The van der Waals surface area contributed by atoms with Gasteiger partial charge in [0, 0.05) is 11.8 Å². The first-order valence-corrected chi connectivity index (χ1v) is 8.90. The number of rotatable bonds is 7. The Balaban J connectivity index is 2.16. The Bertz CT molecular complexity index is 651. The van der Waals surface area contributed by atoms with Crippen LogP contribution in [0.15, 0.2) is 29.6 Å². The number of aromatic nitrogens is 1. The molecule has 124 valence electrons. The quantitative estimate of drug-likeness (QED) is 0.816. The number of hydrogen-bond donors (Lipinski definition) is 2. The number of nitrogens with two attached hydrogens (primary N) is 1. The SMILES string of the molecule is Cc1ccccc1C(CC(C)C)NC(=O)c1csc(CCN)n1. The van der Waals surface area contributed by atoms with Gasteiger partial charge < -0.3 is 11.1 Å². The van der Waals surface area contributed by atoms with Crippen molar-refractivity contribution in [1.82, 2.24) is 10.3 Å². The molecule has 0 radical (unpaired) electrons. The topological polar surface area (TPSA) is 68.0 Å². The first-order chi connectivity index (χ1) is 11.0. The lowest BCUT2D eigenvalue weighted by atomic mass is 9.94. The Labute approximate surface area is 142 Å². The molecule has 0 saturated carbocycles. The van der Waals surface area contributed by atoms with Gasteiger partial charge >= 0.3 is 0 Å². The molecule has 0 saturated heterocycles. The molecule has 2 rings (SSSR count). The van der Waals surface area contributed by atoms with E-state index in [1.165, 1.54) is 22.5 Å². The maximum atomic E-state index is 12.5. The fourth-order valence-corrected chi connectivity index (χ4v) is 3.39. The van der Waals surface area contributed by atoms with E-state index in [-0.39, 0.29) is 11.9 Å². The molecule has 0 spiro atoms. The fourth-order valence-electron chi connectivity index (χ4n) is 2.60. The van der Waals surface area contributed by atoms with Crippen LogP contribution in [0.25, 0.3) is 0 Å². The second-order valence-corrected chi connectivity index (χ2v) is 7.12. The minimum Gasteiger partial charge on any atom is -0.344 e. The van der Waals surface area contributed by atoms with E-state index in [2.05, 4.69) is 43.2 Å². The van der Waals surface area contributed by atoms with Gasteiger partial charge in [-0.2, -0.15) is 0 Å². The lowest BCUT2D eigenvalue weighted by Gasteiger charge is -2.22. The first kappa shape index (κ1) is 17.6.